The highest BCUT2D eigenvalue weighted by molar-refractivity contribution is 7.90. The van der Waals surface area contributed by atoms with E-state index in [1.807, 2.05) is 0 Å². The summed E-state index contributed by atoms with van der Waals surface area (Å²) in [6.07, 6.45) is 4.85. The summed E-state index contributed by atoms with van der Waals surface area (Å²) >= 11 is 0. The largest absolute Gasteiger partial charge is 0.381 e. The zero-order valence-corrected chi connectivity index (χ0v) is 10.5. The van der Waals surface area contributed by atoms with Crippen molar-refractivity contribution in [3.63, 3.8) is 0 Å². The molecule has 0 saturated heterocycles. The Bertz CT molecular complexity index is 738. The molecule has 19 heavy (non-hydrogen) atoms. The fraction of sp³-hybridized carbons (Fsp3) is 0.300. The summed E-state index contributed by atoms with van der Waals surface area (Å²) in [5, 5.41) is 3.43. The second-order valence-electron chi connectivity index (χ2n) is 4.27. The summed E-state index contributed by atoms with van der Waals surface area (Å²) in [6, 6.07) is 0. The Labute approximate surface area is 108 Å². The first-order chi connectivity index (χ1) is 8.98. The normalized spacial score (nSPS) is 15.6. The molecule has 2 heterocycles. The number of rotatable bonds is 3. The van der Waals surface area contributed by atoms with Crippen molar-refractivity contribution in [2.75, 3.05) is 5.73 Å². The number of nitrogen functional groups attached to an aromatic ring is 1. The number of aromatic nitrogens is 4. The van der Waals surface area contributed by atoms with Crippen molar-refractivity contribution >= 4 is 15.8 Å². The van der Waals surface area contributed by atoms with Gasteiger partial charge in [-0.3, -0.25) is 0 Å². The van der Waals surface area contributed by atoms with Gasteiger partial charge in [0.25, 0.3) is 10.0 Å². The molecule has 0 aliphatic heterocycles. The van der Waals surface area contributed by atoms with Gasteiger partial charge in [0.05, 0.1) is 29.4 Å². The Balaban J connectivity index is 1.99. The maximum Gasteiger partial charge on any atom is 0.256 e. The van der Waals surface area contributed by atoms with Crippen molar-refractivity contribution in [1.82, 2.24) is 19.2 Å². The van der Waals surface area contributed by atoms with Crippen LogP contribution in [0, 0.1) is 5.82 Å². The van der Waals surface area contributed by atoms with Gasteiger partial charge in [-0.05, 0) is 12.8 Å². The Hall–Kier alpha value is -2.03. The summed E-state index contributed by atoms with van der Waals surface area (Å²) in [7, 11) is -3.43. The monoisotopic (exact) mass is 283 g/mol. The second-order valence-corrected chi connectivity index (χ2v) is 6.34. The topological polar surface area (TPSA) is 104 Å². The molecule has 2 aromatic heterocycles. The lowest BCUT2D eigenvalue weighted by Crippen LogP contribution is -2.17. The Morgan fingerprint density at radius 3 is 2.74 bits per heavy atom. The van der Waals surface area contributed by atoms with E-state index >= 15 is 0 Å². The van der Waals surface area contributed by atoms with E-state index < -0.39 is 15.8 Å². The molecule has 2 N–H and O–H groups in total. The van der Waals surface area contributed by atoms with Crippen molar-refractivity contribution in [2.24, 2.45) is 0 Å². The number of hydrogen-bond donors (Lipinski definition) is 1. The number of nitrogens with two attached hydrogens (primary N) is 1. The Morgan fingerprint density at radius 2 is 2.11 bits per heavy atom. The summed E-state index contributed by atoms with van der Waals surface area (Å²) in [4.78, 5) is 7.49. The van der Waals surface area contributed by atoms with Gasteiger partial charge in [-0.15, -0.1) is 0 Å². The highest BCUT2D eigenvalue weighted by Crippen LogP contribution is 2.30. The first kappa shape index (κ1) is 12.0. The van der Waals surface area contributed by atoms with Crippen molar-refractivity contribution in [2.45, 2.75) is 18.1 Å². The highest BCUT2D eigenvalue weighted by Gasteiger charge is 2.37. The number of anilines is 1. The summed E-state index contributed by atoms with van der Waals surface area (Å²) in [5.74, 6) is -0.874. The van der Waals surface area contributed by atoms with E-state index in [0.717, 1.165) is 10.3 Å². The van der Waals surface area contributed by atoms with E-state index in [-0.39, 0.29) is 16.9 Å². The van der Waals surface area contributed by atoms with E-state index in [4.69, 9.17) is 5.73 Å². The SMILES string of the molecule is Nc1nc(-c2cnn(S(=O)(=O)C3CC3)c2)ncc1F. The van der Waals surface area contributed by atoms with Gasteiger partial charge in [-0.25, -0.2) is 22.8 Å². The number of hydrogen-bond acceptors (Lipinski definition) is 6. The van der Waals surface area contributed by atoms with Gasteiger partial charge >= 0.3 is 0 Å². The minimum atomic E-state index is -3.43. The minimum Gasteiger partial charge on any atom is -0.381 e. The fourth-order valence-electron chi connectivity index (χ4n) is 1.60. The average molecular weight is 283 g/mol. The number of halogens is 1. The first-order valence-electron chi connectivity index (χ1n) is 5.56. The number of nitrogens with zero attached hydrogens (tertiary/aromatic N) is 4. The second kappa shape index (κ2) is 3.98. The van der Waals surface area contributed by atoms with E-state index in [2.05, 4.69) is 15.1 Å². The molecule has 0 radical (unpaired) electrons. The third kappa shape index (κ3) is 2.05. The van der Waals surface area contributed by atoms with Crippen LogP contribution >= 0.6 is 0 Å². The van der Waals surface area contributed by atoms with Gasteiger partial charge in [-0.1, -0.05) is 0 Å². The van der Waals surface area contributed by atoms with Gasteiger partial charge in [0.2, 0.25) is 0 Å². The lowest BCUT2D eigenvalue weighted by molar-refractivity contribution is 0.578. The summed E-state index contributed by atoms with van der Waals surface area (Å²) in [5.41, 5.74) is 5.71. The van der Waals surface area contributed by atoms with Crippen molar-refractivity contribution < 1.29 is 12.8 Å². The van der Waals surface area contributed by atoms with Crippen molar-refractivity contribution in [1.29, 1.82) is 0 Å². The molecule has 0 aromatic carbocycles. The minimum absolute atomic E-state index is 0.135. The molecule has 0 amide bonds. The first-order valence-corrected chi connectivity index (χ1v) is 7.06. The van der Waals surface area contributed by atoms with Gasteiger partial charge in [0, 0.05) is 0 Å². The van der Waals surface area contributed by atoms with Crippen LogP contribution < -0.4 is 5.73 Å². The van der Waals surface area contributed by atoms with Crippen LogP contribution in [0.25, 0.3) is 11.4 Å². The van der Waals surface area contributed by atoms with Gasteiger partial charge in [0.15, 0.2) is 17.5 Å². The van der Waals surface area contributed by atoms with Crippen LogP contribution in [0.4, 0.5) is 10.2 Å². The quantitative estimate of drug-likeness (QED) is 0.874. The molecule has 7 nitrogen and oxygen atoms in total. The molecule has 9 heteroatoms. The van der Waals surface area contributed by atoms with Crippen LogP contribution in [0.2, 0.25) is 0 Å². The Kier molecular flexibility index (Phi) is 2.52. The third-order valence-corrected chi connectivity index (χ3v) is 4.83. The predicted octanol–water partition coefficient (Wildman–Crippen LogP) is 0.402. The van der Waals surface area contributed by atoms with Crippen LogP contribution in [0.1, 0.15) is 12.8 Å². The molecule has 0 unspecified atom stereocenters. The summed E-state index contributed by atoms with van der Waals surface area (Å²) < 4.78 is 37.7. The van der Waals surface area contributed by atoms with Crippen LogP contribution in [0.5, 0.6) is 0 Å². The molecular formula is C10H10FN5O2S. The third-order valence-electron chi connectivity index (χ3n) is 2.80. The molecule has 100 valence electrons. The zero-order valence-electron chi connectivity index (χ0n) is 9.69. The molecule has 2 aromatic rings. The molecule has 1 aliphatic rings. The van der Waals surface area contributed by atoms with Crippen LogP contribution in [0.3, 0.4) is 0 Å². The van der Waals surface area contributed by atoms with Crippen molar-refractivity contribution in [3.05, 3.63) is 24.4 Å². The van der Waals surface area contributed by atoms with E-state index in [1.165, 1.54) is 12.4 Å². The fourth-order valence-corrected chi connectivity index (χ4v) is 3.07. The smallest absolute Gasteiger partial charge is 0.256 e. The standard InChI is InChI=1S/C10H10FN5O2S/c11-8-4-13-10(15-9(8)12)6-3-14-16(5-6)19(17,18)7-1-2-7/h3-5,7H,1-2H2,(H2,12,13,15). The predicted molar refractivity (Wildman–Crippen MR) is 65.0 cm³/mol. The van der Waals surface area contributed by atoms with Crippen LogP contribution in [-0.4, -0.2) is 32.8 Å². The average Bonchev–Trinajstić information content (AvgIpc) is 3.11. The highest BCUT2D eigenvalue weighted by atomic mass is 32.2. The molecule has 1 fully saturated rings. The van der Waals surface area contributed by atoms with Crippen LogP contribution in [0.15, 0.2) is 18.6 Å². The van der Waals surface area contributed by atoms with Gasteiger partial charge < -0.3 is 5.73 Å². The lowest BCUT2D eigenvalue weighted by Gasteiger charge is -2.00. The van der Waals surface area contributed by atoms with Crippen LogP contribution in [-0.2, 0) is 10.0 Å². The molecular weight excluding hydrogens is 273 g/mol. The summed E-state index contributed by atoms with van der Waals surface area (Å²) in [6.45, 7) is 0. The van der Waals surface area contributed by atoms with Crippen molar-refractivity contribution in [3.8, 4) is 11.4 Å². The maximum atomic E-state index is 13.0. The van der Waals surface area contributed by atoms with E-state index in [0.29, 0.717) is 18.4 Å². The maximum absolute atomic E-state index is 13.0. The van der Waals surface area contributed by atoms with E-state index in [1.54, 1.807) is 0 Å². The van der Waals surface area contributed by atoms with Gasteiger partial charge in [0.1, 0.15) is 0 Å². The van der Waals surface area contributed by atoms with Gasteiger partial charge in [-0.2, -0.15) is 9.19 Å². The molecule has 0 spiro atoms. The molecule has 0 bridgehead atoms. The lowest BCUT2D eigenvalue weighted by atomic mass is 10.3. The Morgan fingerprint density at radius 1 is 1.37 bits per heavy atom. The molecule has 1 saturated carbocycles. The zero-order chi connectivity index (χ0) is 13.6. The molecule has 3 rings (SSSR count). The molecule has 1 aliphatic carbocycles. The molecule has 0 atom stereocenters. The van der Waals surface area contributed by atoms with E-state index in [9.17, 15) is 12.8 Å².